The summed E-state index contributed by atoms with van der Waals surface area (Å²) in [4.78, 5) is 26.9. The molecule has 0 N–H and O–H groups in total. The molecule has 1 aromatic rings. The molecule has 4 rings (SSSR count). The zero-order valence-electron chi connectivity index (χ0n) is 12.1. The standard InChI is InChI=1S/C17H17NO3/c1-16-8-9-17(2,21-16)13-12(16)14(19)18(15(13)20)10-11-6-4-3-5-7-11/h3-9,12-13H,10H2,1-2H3/t12-,13+,16-,17+. The first-order valence-electron chi connectivity index (χ1n) is 7.24. The first-order chi connectivity index (χ1) is 9.95. The predicted octanol–water partition coefficient (Wildman–Crippen LogP) is 1.91. The van der Waals surface area contributed by atoms with Crippen LogP contribution in [0.5, 0.6) is 0 Å². The van der Waals surface area contributed by atoms with Gasteiger partial charge in [0.15, 0.2) is 0 Å². The van der Waals surface area contributed by atoms with Crippen LogP contribution in [0.15, 0.2) is 42.5 Å². The highest BCUT2D eigenvalue weighted by molar-refractivity contribution is 6.07. The van der Waals surface area contributed by atoms with Gasteiger partial charge in [-0.15, -0.1) is 0 Å². The molecule has 21 heavy (non-hydrogen) atoms. The Morgan fingerprint density at radius 2 is 1.52 bits per heavy atom. The van der Waals surface area contributed by atoms with Crippen molar-refractivity contribution in [2.24, 2.45) is 11.8 Å². The fourth-order valence-electron chi connectivity index (χ4n) is 4.01. The van der Waals surface area contributed by atoms with Crippen molar-refractivity contribution in [2.75, 3.05) is 0 Å². The van der Waals surface area contributed by atoms with Crippen LogP contribution in [0.2, 0.25) is 0 Å². The number of nitrogens with zero attached hydrogens (tertiary/aromatic N) is 1. The van der Waals surface area contributed by atoms with Gasteiger partial charge in [0.05, 0.1) is 29.6 Å². The second-order valence-corrected chi connectivity index (χ2v) is 6.51. The fraction of sp³-hybridized carbons (Fsp3) is 0.412. The lowest BCUT2D eigenvalue weighted by Crippen LogP contribution is -2.39. The van der Waals surface area contributed by atoms with E-state index in [1.54, 1.807) is 0 Å². The predicted molar refractivity (Wildman–Crippen MR) is 76.0 cm³/mol. The number of amides is 2. The number of likely N-dealkylation sites (tertiary alicyclic amines) is 1. The van der Waals surface area contributed by atoms with E-state index < -0.39 is 11.2 Å². The maximum Gasteiger partial charge on any atom is 0.236 e. The molecule has 0 unspecified atom stereocenters. The van der Waals surface area contributed by atoms with Gasteiger partial charge >= 0.3 is 0 Å². The largest absolute Gasteiger partial charge is 0.359 e. The van der Waals surface area contributed by atoms with Gasteiger partial charge < -0.3 is 4.74 Å². The lowest BCUT2D eigenvalue weighted by atomic mass is 9.73. The van der Waals surface area contributed by atoms with E-state index in [1.165, 1.54) is 4.90 Å². The molecule has 108 valence electrons. The normalized spacial score (nSPS) is 40.2. The van der Waals surface area contributed by atoms with Crippen LogP contribution < -0.4 is 0 Å². The van der Waals surface area contributed by atoms with Crippen LogP contribution in [0.25, 0.3) is 0 Å². The van der Waals surface area contributed by atoms with Gasteiger partial charge in [0.25, 0.3) is 0 Å². The molecule has 2 amide bonds. The molecule has 0 aromatic heterocycles. The van der Waals surface area contributed by atoms with E-state index in [0.29, 0.717) is 6.54 Å². The average Bonchev–Trinajstić information content (AvgIpc) is 2.99. The zero-order valence-corrected chi connectivity index (χ0v) is 12.1. The van der Waals surface area contributed by atoms with E-state index in [9.17, 15) is 9.59 Å². The van der Waals surface area contributed by atoms with Crippen molar-refractivity contribution in [3.63, 3.8) is 0 Å². The van der Waals surface area contributed by atoms with Crippen LogP contribution in [-0.2, 0) is 20.9 Å². The van der Waals surface area contributed by atoms with E-state index in [0.717, 1.165) is 5.56 Å². The van der Waals surface area contributed by atoms with Crippen LogP contribution in [0.1, 0.15) is 19.4 Å². The molecule has 0 saturated carbocycles. The highest BCUT2D eigenvalue weighted by Crippen LogP contribution is 2.57. The Morgan fingerprint density at radius 3 is 2.05 bits per heavy atom. The molecule has 3 heterocycles. The van der Waals surface area contributed by atoms with Gasteiger partial charge in [-0.05, 0) is 19.4 Å². The summed E-state index contributed by atoms with van der Waals surface area (Å²) in [6.07, 6.45) is 3.87. The average molecular weight is 283 g/mol. The molecule has 4 heteroatoms. The summed E-state index contributed by atoms with van der Waals surface area (Å²) < 4.78 is 5.97. The third kappa shape index (κ3) is 1.54. The summed E-state index contributed by atoms with van der Waals surface area (Å²) >= 11 is 0. The smallest absolute Gasteiger partial charge is 0.236 e. The molecule has 0 aliphatic carbocycles. The Kier molecular flexibility index (Phi) is 2.33. The van der Waals surface area contributed by atoms with Crippen molar-refractivity contribution in [2.45, 2.75) is 31.6 Å². The molecular weight excluding hydrogens is 266 g/mol. The summed E-state index contributed by atoms with van der Waals surface area (Å²) in [5.74, 6) is -0.985. The maximum atomic E-state index is 12.7. The Labute approximate surface area is 123 Å². The van der Waals surface area contributed by atoms with Crippen molar-refractivity contribution in [1.82, 2.24) is 4.90 Å². The molecule has 0 spiro atoms. The SMILES string of the molecule is C[C@]12C=C[C@](C)(O1)[C@@H]1C(=O)N(Cc3ccccc3)C(=O)[C@@H]12. The highest BCUT2D eigenvalue weighted by Gasteiger charge is 2.70. The summed E-state index contributed by atoms with van der Waals surface area (Å²) in [7, 11) is 0. The molecular formula is C17H17NO3. The van der Waals surface area contributed by atoms with Crippen molar-refractivity contribution in [3.8, 4) is 0 Å². The first-order valence-corrected chi connectivity index (χ1v) is 7.24. The van der Waals surface area contributed by atoms with Crippen LogP contribution in [0.4, 0.5) is 0 Å². The van der Waals surface area contributed by atoms with Crippen LogP contribution in [0, 0.1) is 11.8 Å². The van der Waals surface area contributed by atoms with Gasteiger partial charge in [-0.25, -0.2) is 0 Å². The minimum absolute atomic E-state index is 0.107. The third-order valence-electron chi connectivity index (χ3n) is 5.00. The van der Waals surface area contributed by atoms with E-state index in [-0.39, 0.29) is 23.7 Å². The number of imide groups is 1. The molecule has 3 aliphatic heterocycles. The second kappa shape index (κ2) is 3.83. The molecule has 0 radical (unpaired) electrons. The zero-order chi connectivity index (χ0) is 14.8. The number of hydrogen-bond acceptors (Lipinski definition) is 3. The third-order valence-corrected chi connectivity index (χ3v) is 5.00. The Morgan fingerprint density at radius 1 is 1.00 bits per heavy atom. The monoisotopic (exact) mass is 283 g/mol. The van der Waals surface area contributed by atoms with E-state index >= 15 is 0 Å². The first kappa shape index (κ1) is 12.8. The molecule has 2 bridgehead atoms. The van der Waals surface area contributed by atoms with Crippen LogP contribution in [0.3, 0.4) is 0 Å². The van der Waals surface area contributed by atoms with E-state index in [1.807, 2.05) is 56.3 Å². The Hall–Kier alpha value is -1.94. The van der Waals surface area contributed by atoms with Gasteiger partial charge in [-0.1, -0.05) is 42.5 Å². The molecule has 3 aliphatic rings. The fourth-order valence-corrected chi connectivity index (χ4v) is 4.01. The van der Waals surface area contributed by atoms with Crippen molar-refractivity contribution in [3.05, 3.63) is 48.0 Å². The minimum Gasteiger partial charge on any atom is -0.359 e. The minimum atomic E-state index is -0.641. The summed E-state index contributed by atoms with van der Waals surface area (Å²) in [5, 5.41) is 0. The molecule has 4 atom stereocenters. The Balaban J connectivity index is 1.69. The van der Waals surface area contributed by atoms with E-state index in [4.69, 9.17) is 4.74 Å². The second-order valence-electron chi connectivity index (χ2n) is 6.51. The molecule has 1 aromatic carbocycles. The number of rotatable bonds is 2. The molecule has 4 nitrogen and oxygen atoms in total. The van der Waals surface area contributed by atoms with Gasteiger partial charge in [0, 0.05) is 0 Å². The number of ether oxygens (including phenoxy) is 1. The summed E-state index contributed by atoms with van der Waals surface area (Å²) in [5.41, 5.74) is -0.314. The van der Waals surface area contributed by atoms with Crippen LogP contribution >= 0.6 is 0 Å². The molecule has 2 saturated heterocycles. The van der Waals surface area contributed by atoms with Crippen molar-refractivity contribution in [1.29, 1.82) is 0 Å². The molecule has 2 fully saturated rings. The Bertz CT molecular complexity index is 632. The van der Waals surface area contributed by atoms with Gasteiger partial charge in [-0.3, -0.25) is 14.5 Å². The van der Waals surface area contributed by atoms with Gasteiger partial charge in [0.1, 0.15) is 0 Å². The number of benzene rings is 1. The number of fused-ring (bicyclic) bond motifs is 5. The van der Waals surface area contributed by atoms with Gasteiger partial charge in [0.2, 0.25) is 11.8 Å². The maximum absolute atomic E-state index is 12.7. The quantitative estimate of drug-likeness (QED) is 0.615. The topological polar surface area (TPSA) is 46.6 Å². The van der Waals surface area contributed by atoms with Crippen LogP contribution in [-0.4, -0.2) is 27.9 Å². The van der Waals surface area contributed by atoms with E-state index in [2.05, 4.69) is 0 Å². The highest BCUT2D eigenvalue weighted by atomic mass is 16.5. The number of carbonyl (C=O) groups excluding carboxylic acids is 2. The van der Waals surface area contributed by atoms with Gasteiger partial charge in [-0.2, -0.15) is 0 Å². The lowest BCUT2D eigenvalue weighted by molar-refractivity contribution is -0.146. The summed E-state index contributed by atoms with van der Waals surface area (Å²) in [6.45, 7) is 4.14. The summed E-state index contributed by atoms with van der Waals surface area (Å²) in [6, 6.07) is 9.62. The van der Waals surface area contributed by atoms with Crippen molar-refractivity contribution < 1.29 is 14.3 Å². The number of carbonyl (C=O) groups is 2. The lowest BCUT2D eigenvalue weighted by Gasteiger charge is -2.25. The van der Waals surface area contributed by atoms with Crippen molar-refractivity contribution >= 4 is 11.8 Å². The number of hydrogen-bond donors (Lipinski definition) is 0.